The minimum atomic E-state index is 0.686. The second-order valence-corrected chi connectivity index (χ2v) is 3.31. The minimum absolute atomic E-state index is 0.686. The second kappa shape index (κ2) is 3.18. The van der Waals surface area contributed by atoms with Crippen LogP contribution in [0, 0.1) is 6.92 Å². The topological polar surface area (TPSA) is 50.9 Å². The number of nitrogens with one attached hydrogen (secondary N) is 1. The molecule has 2 aromatic rings. The largest absolute Gasteiger partial charge is 0.396 e. The van der Waals surface area contributed by atoms with Crippen LogP contribution in [0.3, 0.4) is 0 Å². The van der Waals surface area contributed by atoms with Crippen molar-refractivity contribution < 1.29 is 0 Å². The first-order valence-corrected chi connectivity index (χ1v) is 4.55. The molecule has 0 radical (unpaired) electrons. The average Bonchev–Trinajstić information content (AvgIpc) is 2.18. The fourth-order valence-electron chi connectivity index (χ4n) is 1.67. The van der Waals surface area contributed by atoms with Gasteiger partial charge in [-0.15, -0.1) is 0 Å². The van der Waals surface area contributed by atoms with E-state index in [2.05, 4.69) is 10.3 Å². The Morgan fingerprint density at radius 1 is 1.36 bits per heavy atom. The number of fused-ring (bicyclic) bond motifs is 1. The lowest BCUT2D eigenvalue weighted by molar-refractivity contribution is 1.36. The normalized spacial score (nSPS) is 10.4. The highest BCUT2D eigenvalue weighted by Gasteiger charge is 2.05. The van der Waals surface area contributed by atoms with E-state index < -0.39 is 0 Å². The number of para-hydroxylation sites is 1. The highest BCUT2D eigenvalue weighted by atomic mass is 14.9. The van der Waals surface area contributed by atoms with Crippen molar-refractivity contribution in [1.29, 1.82) is 0 Å². The maximum atomic E-state index is 5.82. The average molecular weight is 187 g/mol. The van der Waals surface area contributed by atoms with Crippen LogP contribution in [-0.4, -0.2) is 12.0 Å². The van der Waals surface area contributed by atoms with Crippen molar-refractivity contribution in [3.05, 3.63) is 30.0 Å². The molecule has 3 nitrogen and oxygen atoms in total. The van der Waals surface area contributed by atoms with Crippen LogP contribution in [0.15, 0.2) is 24.4 Å². The molecule has 3 N–H and O–H groups in total. The molecule has 0 fully saturated rings. The van der Waals surface area contributed by atoms with Gasteiger partial charge in [0.2, 0.25) is 0 Å². The number of hydrogen-bond acceptors (Lipinski definition) is 3. The highest BCUT2D eigenvalue weighted by Crippen LogP contribution is 2.28. The molecule has 0 aliphatic heterocycles. The summed E-state index contributed by atoms with van der Waals surface area (Å²) in [5.41, 5.74) is 9.64. The Bertz CT molecular complexity index is 477. The summed E-state index contributed by atoms with van der Waals surface area (Å²) in [6.45, 7) is 2.05. The highest BCUT2D eigenvalue weighted by molar-refractivity contribution is 5.98. The number of rotatable bonds is 1. The second-order valence-electron chi connectivity index (χ2n) is 3.31. The summed E-state index contributed by atoms with van der Waals surface area (Å²) in [7, 11) is 1.87. The molecule has 0 saturated heterocycles. The van der Waals surface area contributed by atoms with E-state index >= 15 is 0 Å². The van der Waals surface area contributed by atoms with Crippen LogP contribution in [0.25, 0.3) is 10.9 Å². The van der Waals surface area contributed by atoms with E-state index in [0.29, 0.717) is 5.69 Å². The molecule has 2 rings (SSSR count). The first kappa shape index (κ1) is 8.81. The molecule has 1 heterocycles. The quantitative estimate of drug-likeness (QED) is 0.719. The fourth-order valence-corrected chi connectivity index (χ4v) is 1.67. The number of aryl methyl sites for hydroxylation is 1. The molecule has 1 aromatic carbocycles. The predicted octanol–water partition coefficient (Wildman–Crippen LogP) is 2.17. The number of nitrogen functional groups attached to an aromatic ring is 1. The van der Waals surface area contributed by atoms with E-state index in [1.807, 2.05) is 32.2 Å². The summed E-state index contributed by atoms with van der Waals surface area (Å²) in [6, 6.07) is 6.09. The Morgan fingerprint density at radius 2 is 2.14 bits per heavy atom. The molecular formula is C11H13N3. The lowest BCUT2D eigenvalue weighted by atomic mass is 10.1. The van der Waals surface area contributed by atoms with Gasteiger partial charge in [-0.25, -0.2) is 0 Å². The number of nitrogens with zero attached hydrogens (tertiary/aromatic N) is 1. The summed E-state index contributed by atoms with van der Waals surface area (Å²) in [5, 5.41) is 4.18. The van der Waals surface area contributed by atoms with Crippen molar-refractivity contribution in [2.45, 2.75) is 6.92 Å². The van der Waals surface area contributed by atoms with Gasteiger partial charge >= 0.3 is 0 Å². The van der Waals surface area contributed by atoms with Gasteiger partial charge in [0.05, 0.1) is 23.1 Å². The van der Waals surface area contributed by atoms with Gasteiger partial charge in [-0.2, -0.15) is 0 Å². The van der Waals surface area contributed by atoms with E-state index in [9.17, 15) is 0 Å². The molecule has 0 aliphatic carbocycles. The lowest BCUT2D eigenvalue weighted by Gasteiger charge is -2.09. The van der Waals surface area contributed by atoms with E-state index in [0.717, 1.165) is 16.6 Å². The van der Waals surface area contributed by atoms with Gasteiger partial charge in [-0.05, 0) is 12.5 Å². The fraction of sp³-hybridized carbons (Fsp3) is 0.182. The maximum absolute atomic E-state index is 5.82. The third-order valence-electron chi connectivity index (χ3n) is 2.38. The van der Waals surface area contributed by atoms with Crippen LogP contribution in [0.4, 0.5) is 11.4 Å². The Balaban J connectivity index is 2.88. The van der Waals surface area contributed by atoms with Crippen molar-refractivity contribution in [3.63, 3.8) is 0 Å². The van der Waals surface area contributed by atoms with Crippen molar-refractivity contribution in [3.8, 4) is 0 Å². The third kappa shape index (κ3) is 1.18. The molecule has 3 heteroatoms. The van der Waals surface area contributed by atoms with E-state index in [1.54, 1.807) is 6.20 Å². The van der Waals surface area contributed by atoms with Crippen LogP contribution in [0.1, 0.15) is 5.56 Å². The first-order chi connectivity index (χ1) is 6.74. The number of aromatic nitrogens is 1. The van der Waals surface area contributed by atoms with Crippen molar-refractivity contribution >= 4 is 22.3 Å². The van der Waals surface area contributed by atoms with Gasteiger partial charge in [0, 0.05) is 12.4 Å². The predicted molar refractivity (Wildman–Crippen MR) is 60.4 cm³/mol. The standard InChI is InChI=1S/C11H13N3/c1-7-4-3-5-8-10(7)14-6-9(12)11(8)13-2/h3-6H,12H2,1-2H3,(H,13,14). The van der Waals surface area contributed by atoms with Gasteiger partial charge in [0.1, 0.15) is 0 Å². The Hall–Kier alpha value is -1.77. The van der Waals surface area contributed by atoms with Crippen molar-refractivity contribution in [1.82, 2.24) is 4.98 Å². The van der Waals surface area contributed by atoms with Gasteiger partial charge in [0.15, 0.2) is 0 Å². The molecule has 0 unspecified atom stereocenters. The first-order valence-electron chi connectivity index (χ1n) is 4.55. The van der Waals surface area contributed by atoms with Gasteiger partial charge in [-0.3, -0.25) is 4.98 Å². The number of anilines is 2. The number of benzene rings is 1. The summed E-state index contributed by atoms with van der Waals surface area (Å²) in [4.78, 5) is 4.32. The SMILES string of the molecule is CNc1c(N)cnc2c(C)cccc12. The van der Waals surface area contributed by atoms with Crippen LogP contribution >= 0.6 is 0 Å². The molecule has 0 saturated carbocycles. The molecule has 0 aliphatic rings. The Labute approximate surface area is 83.0 Å². The maximum Gasteiger partial charge on any atom is 0.0753 e. The molecular weight excluding hydrogens is 174 g/mol. The van der Waals surface area contributed by atoms with E-state index in [1.165, 1.54) is 5.56 Å². The molecule has 72 valence electrons. The molecule has 1 aromatic heterocycles. The zero-order valence-corrected chi connectivity index (χ0v) is 8.33. The smallest absolute Gasteiger partial charge is 0.0753 e. The summed E-state index contributed by atoms with van der Waals surface area (Å²) >= 11 is 0. The van der Waals surface area contributed by atoms with Gasteiger partial charge in [0.25, 0.3) is 0 Å². The summed E-state index contributed by atoms with van der Waals surface area (Å²) < 4.78 is 0. The Kier molecular flexibility index (Phi) is 2.00. The Morgan fingerprint density at radius 3 is 2.86 bits per heavy atom. The number of nitrogens with two attached hydrogens (primary N) is 1. The molecule has 0 atom stereocenters. The van der Waals surface area contributed by atoms with Crippen LogP contribution < -0.4 is 11.1 Å². The van der Waals surface area contributed by atoms with Crippen LogP contribution in [-0.2, 0) is 0 Å². The number of hydrogen-bond donors (Lipinski definition) is 2. The zero-order valence-electron chi connectivity index (χ0n) is 8.33. The minimum Gasteiger partial charge on any atom is -0.396 e. The lowest BCUT2D eigenvalue weighted by Crippen LogP contribution is -1.98. The summed E-state index contributed by atoms with van der Waals surface area (Å²) in [6.07, 6.45) is 1.70. The van der Waals surface area contributed by atoms with Gasteiger partial charge in [-0.1, -0.05) is 18.2 Å². The van der Waals surface area contributed by atoms with Crippen molar-refractivity contribution in [2.24, 2.45) is 0 Å². The molecule has 0 spiro atoms. The summed E-state index contributed by atoms with van der Waals surface area (Å²) in [5.74, 6) is 0. The van der Waals surface area contributed by atoms with Crippen molar-refractivity contribution in [2.75, 3.05) is 18.1 Å². The van der Waals surface area contributed by atoms with Crippen LogP contribution in [0.5, 0.6) is 0 Å². The zero-order chi connectivity index (χ0) is 10.1. The number of pyridine rings is 1. The van der Waals surface area contributed by atoms with Crippen LogP contribution in [0.2, 0.25) is 0 Å². The molecule has 0 amide bonds. The van der Waals surface area contributed by atoms with Gasteiger partial charge < -0.3 is 11.1 Å². The van der Waals surface area contributed by atoms with E-state index in [-0.39, 0.29) is 0 Å². The molecule has 0 bridgehead atoms. The monoisotopic (exact) mass is 187 g/mol. The van der Waals surface area contributed by atoms with E-state index in [4.69, 9.17) is 5.73 Å². The third-order valence-corrected chi connectivity index (χ3v) is 2.38. The molecule has 14 heavy (non-hydrogen) atoms.